The number of carbonyl (C=O) groups is 2. The van der Waals surface area contributed by atoms with Gasteiger partial charge in [-0.05, 0) is 18.8 Å². The van der Waals surface area contributed by atoms with E-state index in [2.05, 4.69) is 5.32 Å². The van der Waals surface area contributed by atoms with Gasteiger partial charge in [0.15, 0.2) is 0 Å². The minimum atomic E-state index is -0.0500. The summed E-state index contributed by atoms with van der Waals surface area (Å²) in [6, 6.07) is -0.00968. The number of hydrogen-bond donors (Lipinski definition) is 2. The summed E-state index contributed by atoms with van der Waals surface area (Å²) in [5.41, 5.74) is 5.82. The van der Waals surface area contributed by atoms with Crippen molar-refractivity contribution in [3.63, 3.8) is 0 Å². The summed E-state index contributed by atoms with van der Waals surface area (Å²) in [5.74, 6) is 0.506. The maximum Gasteiger partial charge on any atom is 0.223 e. The van der Waals surface area contributed by atoms with E-state index in [0.717, 1.165) is 12.8 Å². The van der Waals surface area contributed by atoms with Gasteiger partial charge in [-0.1, -0.05) is 0 Å². The lowest BCUT2D eigenvalue weighted by Gasteiger charge is -2.12. The Labute approximate surface area is 96.4 Å². The van der Waals surface area contributed by atoms with Crippen LogP contribution >= 0.6 is 0 Å². The molecule has 1 rings (SSSR count). The maximum atomic E-state index is 11.4. The van der Waals surface area contributed by atoms with Crippen LogP contribution in [0.15, 0.2) is 0 Å². The van der Waals surface area contributed by atoms with E-state index in [0.29, 0.717) is 25.3 Å². The zero-order chi connectivity index (χ0) is 12.1. The van der Waals surface area contributed by atoms with Crippen molar-refractivity contribution < 1.29 is 9.59 Å². The Balaban J connectivity index is 2.07. The Hall–Kier alpha value is -1.10. The van der Waals surface area contributed by atoms with Crippen LogP contribution in [0, 0.1) is 5.92 Å². The van der Waals surface area contributed by atoms with Gasteiger partial charge < -0.3 is 16.0 Å². The third-order valence-electron chi connectivity index (χ3n) is 2.81. The Bertz CT molecular complexity index is 262. The average Bonchev–Trinajstić information content (AvgIpc) is 3.00. The molecule has 2 amide bonds. The molecule has 0 bridgehead atoms. The van der Waals surface area contributed by atoms with Crippen molar-refractivity contribution in [3.8, 4) is 0 Å². The molecule has 0 spiro atoms. The van der Waals surface area contributed by atoms with Gasteiger partial charge in [-0.2, -0.15) is 0 Å². The normalized spacial score (nSPS) is 16.7. The molecule has 0 aromatic rings. The van der Waals surface area contributed by atoms with Crippen molar-refractivity contribution in [2.45, 2.75) is 31.7 Å². The van der Waals surface area contributed by atoms with Crippen LogP contribution in [-0.4, -0.2) is 43.4 Å². The molecule has 1 atom stereocenters. The molecule has 0 heterocycles. The Morgan fingerprint density at radius 2 is 2.06 bits per heavy atom. The minimum absolute atomic E-state index is 0.00968. The topological polar surface area (TPSA) is 75.4 Å². The van der Waals surface area contributed by atoms with Crippen LogP contribution in [-0.2, 0) is 9.59 Å². The van der Waals surface area contributed by atoms with Gasteiger partial charge in [0.1, 0.15) is 0 Å². The lowest BCUT2D eigenvalue weighted by molar-refractivity contribution is -0.128. The fourth-order valence-corrected chi connectivity index (χ4v) is 1.51. The predicted octanol–water partition coefficient (Wildman–Crippen LogP) is -0.292. The summed E-state index contributed by atoms with van der Waals surface area (Å²) >= 11 is 0. The zero-order valence-corrected chi connectivity index (χ0v) is 10.0. The Kier molecular flexibility index (Phi) is 4.73. The second kappa shape index (κ2) is 5.84. The van der Waals surface area contributed by atoms with Gasteiger partial charge in [-0.25, -0.2) is 0 Å². The van der Waals surface area contributed by atoms with Gasteiger partial charge in [0.05, 0.1) is 0 Å². The number of carbonyl (C=O) groups excluding carboxylic acids is 2. The minimum Gasteiger partial charge on any atom is -0.356 e. The summed E-state index contributed by atoms with van der Waals surface area (Å²) in [5, 5.41) is 2.72. The fourth-order valence-electron chi connectivity index (χ4n) is 1.51. The Morgan fingerprint density at radius 1 is 1.44 bits per heavy atom. The van der Waals surface area contributed by atoms with Gasteiger partial charge >= 0.3 is 0 Å². The van der Waals surface area contributed by atoms with E-state index in [1.165, 1.54) is 4.90 Å². The van der Waals surface area contributed by atoms with Crippen LogP contribution in [0.3, 0.4) is 0 Å². The van der Waals surface area contributed by atoms with Crippen LogP contribution in [0.4, 0.5) is 0 Å². The monoisotopic (exact) mass is 227 g/mol. The predicted molar refractivity (Wildman–Crippen MR) is 61.6 cm³/mol. The highest BCUT2D eigenvalue weighted by Crippen LogP contribution is 2.32. The zero-order valence-electron chi connectivity index (χ0n) is 10.0. The first kappa shape index (κ1) is 13.0. The maximum absolute atomic E-state index is 11.4. The van der Waals surface area contributed by atoms with Crippen LogP contribution in [0.2, 0.25) is 0 Å². The van der Waals surface area contributed by atoms with Gasteiger partial charge in [0.25, 0.3) is 0 Å². The molecule has 0 aromatic carbocycles. The highest BCUT2D eigenvalue weighted by molar-refractivity contribution is 5.79. The van der Waals surface area contributed by atoms with Crippen LogP contribution in [0.5, 0.6) is 0 Å². The molecule has 5 nitrogen and oxygen atoms in total. The smallest absolute Gasteiger partial charge is 0.223 e. The van der Waals surface area contributed by atoms with Crippen molar-refractivity contribution in [3.05, 3.63) is 0 Å². The number of nitrogens with two attached hydrogens (primary N) is 1. The molecular weight excluding hydrogens is 206 g/mol. The second-order valence-electron chi connectivity index (χ2n) is 4.59. The highest BCUT2D eigenvalue weighted by atomic mass is 16.2. The van der Waals surface area contributed by atoms with Crippen molar-refractivity contribution in [2.75, 3.05) is 20.6 Å². The summed E-state index contributed by atoms with van der Waals surface area (Å²) in [7, 11) is 3.40. The lowest BCUT2D eigenvalue weighted by Crippen LogP contribution is -2.35. The molecule has 0 aliphatic heterocycles. The second-order valence-corrected chi connectivity index (χ2v) is 4.59. The van der Waals surface area contributed by atoms with E-state index in [9.17, 15) is 9.59 Å². The average molecular weight is 227 g/mol. The first-order valence-corrected chi connectivity index (χ1v) is 5.73. The lowest BCUT2D eigenvalue weighted by atomic mass is 10.1. The van der Waals surface area contributed by atoms with E-state index in [1.807, 2.05) is 0 Å². The molecule has 1 unspecified atom stereocenters. The van der Waals surface area contributed by atoms with E-state index >= 15 is 0 Å². The van der Waals surface area contributed by atoms with Crippen LogP contribution in [0.1, 0.15) is 25.7 Å². The standard InChI is InChI=1S/C11H21N3O2/c1-14(2)11(16)5-6-13-10(15)7-9(12)8-3-4-8/h8-9H,3-7,12H2,1-2H3,(H,13,15). The summed E-state index contributed by atoms with van der Waals surface area (Å²) < 4.78 is 0. The Morgan fingerprint density at radius 3 is 2.56 bits per heavy atom. The van der Waals surface area contributed by atoms with E-state index in [1.54, 1.807) is 14.1 Å². The molecule has 1 saturated carbocycles. The number of amides is 2. The van der Waals surface area contributed by atoms with Gasteiger partial charge in [0.2, 0.25) is 11.8 Å². The summed E-state index contributed by atoms with van der Waals surface area (Å²) in [6.07, 6.45) is 3.01. The van der Waals surface area contributed by atoms with Gasteiger partial charge in [-0.15, -0.1) is 0 Å². The molecule has 1 fully saturated rings. The molecule has 5 heteroatoms. The quantitative estimate of drug-likeness (QED) is 0.654. The number of nitrogens with zero attached hydrogens (tertiary/aromatic N) is 1. The molecular formula is C11H21N3O2. The summed E-state index contributed by atoms with van der Waals surface area (Å²) in [4.78, 5) is 24.2. The van der Waals surface area contributed by atoms with E-state index in [-0.39, 0.29) is 17.9 Å². The SMILES string of the molecule is CN(C)C(=O)CCNC(=O)CC(N)C1CC1. The molecule has 1 aliphatic rings. The third kappa shape index (κ3) is 4.61. The van der Waals surface area contributed by atoms with E-state index < -0.39 is 0 Å². The molecule has 0 saturated heterocycles. The first-order valence-electron chi connectivity index (χ1n) is 5.73. The molecule has 0 radical (unpaired) electrons. The molecule has 16 heavy (non-hydrogen) atoms. The van der Waals surface area contributed by atoms with Crippen molar-refractivity contribution in [1.82, 2.24) is 10.2 Å². The first-order chi connectivity index (χ1) is 7.50. The largest absolute Gasteiger partial charge is 0.356 e. The third-order valence-corrected chi connectivity index (χ3v) is 2.81. The van der Waals surface area contributed by atoms with Crippen molar-refractivity contribution >= 4 is 11.8 Å². The summed E-state index contributed by atoms with van der Waals surface area (Å²) in [6.45, 7) is 0.396. The molecule has 0 aromatic heterocycles. The molecule has 92 valence electrons. The molecule has 1 aliphatic carbocycles. The number of nitrogens with one attached hydrogen (secondary N) is 1. The highest BCUT2D eigenvalue weighted by Gasteiger charge is 2.29. The number of rotatable bonds is 6. The molecule has 3 N–H and O–H groups in total. The fraction of sp³-hybridized carbons (Fsp3) is 0.818. The van der Waals surface area contributed by atoms with Gasteiger partial charge in [-0.3, -0.25) is 9.59 Å². The van der Waals surface area contributed by atoms with Crippen LogP contribution in [0.25, 0.3) is 0 Å². The van der Waals surface area contributed by atoms with Crippen molar-refractivity contribution in [2.24, 2.45) is 11.7 Å². The van der Waals surface area contributed by atoms with E-state index in [4.69, 9.17) is 5.73 Å². The number of hydrogen-bond acceptors (Lipinski definition) is 3. The van der Waals surface area contributed by atoms with Crippen LogP contribution < -0.4 is 11.1 Å². The van der Waals surface area contributed by atoms with Gasteiger partial charge in [0, 0.05) is 39.5 Å². The van der Waals surface area contributed by atoms with Crippen molar-refractivity contribution in [1.29, 1.82) is 0 Å².